The smallest absolute Gasteiger partial charge is 0.319 e. The molecule has 46 heavy (non-hydrogen) atoms. The van der Waals surface area contributed by atoms with Gasteiger partial charge < -0.3 is 19.1 Å². The third-order valence-corrected chi connectivity index (χ3v) is 9.44. The molecule has 5 heterocycles. The molecule has 1 saturated carbocycles. The number of ether oxygens (including phenoxy) is 3. The molecule has 0 unspecified atom stereocenters. The van der Waals surface area contributed by atoms with Crippen LogP contribution in [0.2, 0.25) is 0 Å². The van der Waals surface area contributed by atoms with Crippen molar-refractivity contribution in [1.29, 1.82) is 0 Å². The summed E-state index contributed by atoms with van der Waals surface area (Å²) in [6.45, 7) is -5.55. The number of benzene rings is 2. The van der Waals surface area contributed by atoms with Crippen LogP contribution < -0.4 is 14.4 Å². The number of aromatic nitrogens is 3. The van der Waals surface area contributed by atoms with Crippen LogP contribution in [-0.2, 0) is 4.74 Å². The van der Waals surface area contributed by atoms with E-state index >= 15 is 8.78 Å². The molecule has 0 radical (unpaired) electrons. The Morgan fingerprint density at radius 3 is 2.80 bits per heavy atom. The Kier molecular flexibility index (Phi) is 6.09. The Labute approximate surface area is 264 Å². The molecule has 4 aromatic rings. The van der Waals surface area contributed by atoms with E-state index in [-0.39, 0.29) is 61.3 Å². The Morgan fingerprint density at radius 1 is 1.09 bits per heavy atom. The highest BCUT2D eigenvalue weighted by Crippen LogP contribution is 2.46. The van der Waals surface area contributed by atoms with Crippen molar-refractivity contribution >= 4 is 27.5 Å². The van der Waals surface area contributed by atoms with Gasteiger partial charge in [-0.15, -0.1) is 0 Å². The number of anilines is 1. The molecule has 242 valence electrons. The van der Waals surface area contributed by atoms with E-state index in [1.165, 1.54) is 18.2 Å². The first kappa shape index (κ1) is 25.2. The number of fused-ring (bicyclic) bond motifs is 4. The van der Waals surface area contributed by atoms with Crippen molar-refractivity contribution in [2.24, 2.45) is 5.92 Å². The summed E-state index contributed by atoms with van der Waals surface area (Å²) >= 11 is 0. The minimum atomic E-state index is -3.90. The van der Waals surface area contributed by atoms with Gasteiger partial charge in [0.2, 0.25) is 6.81 Å². The van der Waals surface area contributed by atoms with E-state index in [0.717, 1.165) is 6.20 Å². The molecule has 8 nitrogen and oxygen atoms in total. The SMILES string of the molecule is [2H]C([2H])(F)Oc1c(F)cc(F)c2cccc(-c3ncc4c(N5CCOC[C@H]6[C@H](F)[C@H]65)nc(OC([2H])([2H])[C@@]56CCCN5C[C@H](F)C6)nc4c3F)c12. The van der Waals surface area contributed by atoms with Crippen molar-refractivity contribution in [2.45, 2.75) is 43.2 Å². The van der Waals surface area contributed by atoms with Gasteiger partial charge in [0.1, 0.15) is 44.5 Å². The Balaban J connectivity index is 1.32. The van der Waals surface area contributed by atoms with Crippen LogP contribution in [0.15, 0.2) is 30.5 Å². The molecule has 14 heteroatoms. The molecule has 0 spiro atoms. The predicted molar refractivity (Wildman–Crippen MR) is 156 cm³/mol. The topological polar surface area (TPSA) is 72.8 Å². The summed E-state index contributed by atoms with van der Waals surface area (Å²) in [6, 6.07) is 2.74. The first-order valence-corrected chi connectivity index (χ1v) is 14.9. The van der Waals surface area contributed by atoms with E-state index in [9.17, 15) is 17.6 Å². The summed E-state index contributed by atoms with van der Waals surface area (Å²) in [6.07, 6.45) is -0.696. The van der Waals surface area contributed by atoms with Crippen molar-refractivity contribution in [3.05, 3.63) is 47.9 Å². The fourth-order valence-corrected chi connectivity index (χ4v) is 7.27. The fourth-order valence-electron chi connectivity index (χ4n) is 7.27. The third kappa shape index (κ3) is 4.62. The van der Waals surface area contributed by atoms with Gasteiger partial charge in [-0.3, -0.25) is 9.88 Å². The molecule has 8 rings (SSSR count). The molecule has 3 aliphatic heterocycles. The highest BCUT2D eigenvalue weighted by Gasteiger charge is 2.56. The van der Waals surface area contributed by atoms with E-state index in [2.05, 4.69) is 19.7 Å². The van der Waals surface area contributed by atoms with Crippen LogP contribution in [0.3, 0.4) is 0 Å². The molecule has 5 atom stereocenters. The molecular formula is C32H29F6N5O3. The van der Waals surface area contributed by atoms with Crippen LogP contribution in [-0.4, -0.2) is 90.0 Å². The van der Waals surface area contributed by atoms with Crippen molar-refractivity contribution < 1.29 is 46.0 Å². The summed E-state index contributed by atoms with van der Waals surface area (Å²) in [5.74, 6) is -5.34. The monoisotopic (exact) mass is 649 g/mol. The van der Waals surface area contributed by atoms with Gasteiger partial charge in [-0.25, -0.2) is 26.3 Å². The van der Waals surface area contributed by atoms with E-state index in [1.54, 1.807) is 9.80 Å². The first-order chi connectivity index (χ1) is 23.7. The average Bonchev–Trinajstić information content (AvgIpc) is 3.40. The van der Waals surface area contributed by atoms with Crippen LogP contribution in [0.25, 0.3) is 32.9 Å². The first-order valence-electron chi connectivity index (χ1n) is 16.9. The third-order valence-electron chi connectivity index (χ3n) is 9.44. The van der Waals surface area contributed by atoms with E-state index < -0.39 is 89.0 Å². The molecule has 0 bridgehead atoms. The number of pyridine rings is 1. The van der Waals surface area contributed by atoms with Gasteiger partial charge in [0.25, 0.3) is 0 Å². The van der Waals surface area contributed by atoms with Gasteiger partial charge in [0.05, 0.1) is 32.9 Å². The maximum atomic E-state index is 16.9. The lowest BCUT2D eigenvalue weighted by Gasteiger charge is -2.31. The Bertz CT molecular complexity index is 2030. The molecular weight excluding hydrogens is 616 g/mol. The highest BCUT2D eigenvalue weighted by molar-refractivity contribution is 6.02. The molecule has 2 aromatic heterocycles. The molecule has 1 aliphatic carbocycles. The van der Waals surface area contributed by atoms with Crippen LogP contribution in [0.5, 0.6) is 11.8 Å². The number of hydrogen-bond acceptors (Lipinski definition) is 8. The molecule has 0 amide bonds. The summed E-state index contributed by atoms with van der Waals surface area (Å²) in [5.41, 5.74) is -2.69. The van der Waals surface area contributed by atoms with Gasteiger partial charge in [-0.1, -0.05) is 18.2 Å². The Morgan fingerprint density at radius 2 is 1.96 bits per heavy atom. The number of nitrogens with zero attached hydrogens (tertiary/aromatic N) is 5. The van der Waals surface area contributed by atoms with Crippen molar-refractivity contribution in [3.8, 4) is 23.0 Å². The zero-order valence-electron chi connectivity index (χ0n) is 28.1. The van der Waals surface area contributed by atoms with E-state index in [0.29, 0.717) is 19.0 Å². The number of halogens is 6. The number of hydrogen-bond donors (Lipinski definition) is 0. The summed E-state index contributed by atoms with van der Waals surface area (Å²) < 4.78 is 139. The lowest BCUT2D eigenvalue weighted by atomic mass is 9.95. The quantitative estimate of drug-likeness (QED) is 0.237. The van der Waals surface area contributed by atoms with Crippen molar-refractivity contribution in [3.63, 3.8) is 0 Å². The lowest BCUT2D eigenvalue weighted by molar-refractivity contribution is 0.107. The molecule has 0 N–H and O–H groups in total. The van der Waals surface area contributed by atoms with Crippen LogP contribution >= 0.6 is 0 Å². The molecule has 4 aliphatic rings. The normalized spacial score (nSPS) is 29.5. The maximum absolute atomic E-state index is 16.9. The molecule has 4 fully saturated rings. The molecule has 2 aromatic carbocycles. The minimum Gasteiger partial charge on any atom is -0.461 e. The predicted octanol–water partition coefficient (Wildman–Crippen LogP) is 5.70. The van der Waals surface area contributed by atoms with Gasteiger partial charge in [0, 0.05) is 54.0 Å². The number of rotatable bonds is 7. The molecule has 3 saturated heterocycles. The average molecular weight is 650 g/mol. The fraction of sp³-hybridized carbons (Fsp3) is 0.469. The van der Waals surface area contributed by atoms with Crippen molar-refractivity contribution in [2.75, 3.05) is 51.1 Å². The number of alkyl halides is 3. The van der Waals surface area contributed by atoms with Gasteiger partial charge in [-0.2, -0.15) is 9.97 Å². The van der Waals surface area contributed by atoms with Crippen molar-refractivity contribution in [1.82, 2.24) is 19.9 Å². The Hall–Kier alpha value is -3.91. The van der Waals surface area contributed by atoms with E-state index in [1.807, 2.05) is 0 Å². The van der Waals surface area contributed by atoms with E-state index in [4.69, 9.17) is 15.0 Å². The zero-order chi connectivity index (χ0) is 35.3. The highest BCUT2D eigenvalue weighted by atomic mass is 19.2. The largest absolute Gasteiger partial charge is 0.461 e. The summed E-state index contributed by atoms with van der Waals surface area (Å²) in [4.78, 5) is 16.1. The second kappa shape index (κ2) is 11.1. The van der Waals surface area contributed by atoms with Crippen LogP contribution in [0.4, 0.5) is 32.2 Å². The van der Waals surface area contributed by atoms with Gasteiger partial charge >= 0.3 is 6.01 Å². The minimum absolute atomic E-state index is 0.0208. The van der Waals surface area contributed by atoms with Crippen LogP contribution in [0.1, 0.15) is 24.7 Å². The van der Waals surface area contributed by atoms with Gasteiger partial charge in [-0.05, 0) is 19.4 Å². The lowest BCUT2D eigenvalue weighted by Crippen LogP contribution is -2.43. The standard InChI is InChI=1S/C32H29F6N5O3/c33-15-46-29-22(36)9-21(35)17-3-1-4-18(23(17)29)26-25(38)27-19(11-39-26)30(43-7-8-44-13-20-24(37)28(20)43)41-31(40-27)45-14-32-5-2-6-42(32)12-16(34)10-32/h1,3-4,9,11,16,20,24,28H,2,5-8,10,12-15H2/t16-,20+,24+,28+,32+/m1/s1/i14D2,15D2. The zero-order valence-corrected chi connectivity index (χ0v) is 24.1. The maximum Gasteiger partial charge on any atom is 0.319 e. The van der Waals surface area contributed by atoms with Crippen LogP contribution in [0, 0.1) is 23.4 Å². The summed E-state index contributed by atoms with van der Waals surface area (Å²) in [7, 11) is 0. The second-order valence-electron chi connectivity index (χ2n) is 12.0. The van der Waals surface area contributed by atoms with Gasteiger partial charge in [0.15, 0.2) is 17.4 Å². The second-order valence-corrected chi connectivity index (χ2v) is 12.0. The summed E-state index contributed by atoms with van der Waals surface area (Å²) in [5, 5.41) is -0.905.